The average molecular weight is 244 g/mol. The van der Waals surface area contributed by atoms with E-state index < -0.39 is 21.6 Å². The smallest absolute Gasteiger partial charge is 0.282 e. The van der Waals surface area contributed by atoms with Crippen molar-refractivity contribution in [2.24, 2.45) is 0 Å². The van der Waals surface area contributed by atoms with Crippen LogP contribution in [0, 0.1) is 20.2 Å². The average Bonchev–Trinajstić information content (AvgIpc) is 2.26. The fraction of sp³-hybridized carbons (Fsp3) is 0.250. The third-order valence-electron chi connectivity index (χ3n) is 1.95. The van der Waals surface area contributed by atoms with Crippen molar-refractivity contribution < 1.29 is 15.0 Å². The van der Waals surface area contributed by atoms with E-state index in [1.165, 1.54) is 0 Å². The molecule has 0 bridgehead atoms. The van der Waals surface area contributed by atoms with E-state index in [-0.39, 0.29) is 17.0 Å². The summed E-state index contributed by atoms with van der Waals surface area (Å²) in [5.41, 5.74) is -0.844. The number of nitro groups is 2. The van der Waals surface area contributed by atoms with Crippen molar-refractivity contribution >= 4 is 24.0 Å². The Labute approximate surface area is 95.4 Å². The van der Waals surface area contributed by atoms with Crippen LogP contribution in [0.3, 0.4) is 0 Å². The van der Waals surface area contributed by atoms with Crippen molar-refractivity contribution in [3.8, 4) is 0 Å². The molecule has 0 radical (unpaired) electrons. The lowest BCUT2D eigenvalue weighted by atomic mass is 10.1. The van der Waals surface area contributed by atoms with Gasteiger partial charge in [0.1, 0.15) is 0 Å². The first-order chi connectivity index (χ1) is 7.47. The SMILES string of the molecule is O=[N+]([O-])c1ccc(C(O)CS)c([N+](=O)[O-])c1. The van der Waals surface area contributed by atoms with Gasteiger partial charge in [-0.1, -0.05) is 0 Å². The van der Waals surface area contributed by atoms with E-state index in [1.807, 2.05) is 0 Å². The molecule has 8 heteroatoms. The number of aliphatic hydroxyl groups excluding tert-OH is 1. The molecule has 1 N–H and O–H groups in total. The van der Waals surface area contributed by atoms with Crippen molar-refractivity contribution in [1.82, 2.24) is 0 Å². The normalized spacial score (nSPS) is 12.1. The molecule has 0 saturated carbocycles. The molecule has 0 aliphatic rings. The van der Waals surface area contributed by atoms with Gasteiger partial charge in [0.15, 0.2) is 0 Å². The number of non-ortho nitro benzene ring substituents is 1. The molecule has 1 unspecified atom stereocenters. The number of nitro benzene ring substituents is 2. The lowest BCUT2D eigenvalue weighted by molar-refractivity contribution is -0.394. The Balaban J connectivity index is 3.30. The van der Waals surface area contributed by atoms with E-state index in [0.29, 0.717) is 0 Å². The van der Waals surface area contributed by atoms with Crippen LogP contribution >= 0.6 is 12.6 Å². The summed E-state index contributed by atoms with van der Waals surface area (Å²) in [6.45, 7) is 0. The standard InChI is InChI=1S/C8H8N2O5S/c11-8(4-16)6-2-1-5(9(12)13)3-7(6)10(14)15/h1-3,8,11,16H,4H2. The van der Waals surface area contributed by atoms with E-state index in [4.69, 9.17) is 0 Å². The van der Waals surface area contributed by atoms with Crippen LogP contribution in [0.25, 0.3) is 0 Å². The number of aliphatic hydroxyl groups is 1. The van der Waals surface area contributed by atoms with Crippen LogP contribution in [0.5, 0.6) is 0 Å². The highest BCUT2D eigenvalue weighted by atomic mass is 32.1. The van der Waals surface area contributed by atoms with Gasteiger partial charge in [0.2, 0.25) is 0 Å². The first-order valence-electron chi connectivity index (χ1n) is 4.19. The van der Waals surface area contributed by atoms with E-state index in [1.54, 1.807) is 0 Å². The quantitative estimate of drug-likeness (QED) is 0.473. The van der Waals surface area contributed by atoms with E-state index in [2.05, 4.69) is 12.6 Å². The Hall–Kier alpha value is -1.67. The highest BCUT2D eigenvalue weighted by Gasteiger charge is 2.23. The molecule has 0 aliphatic heterocycles. The molecule has 1 aromatic carbocycles. The highest BCUT2D eigenvalue weighted by molar-refractivity contribution is 7.80. The van der Waals surface area contributed by atoms with Crippen molar-refractivity contribution in [2.75, 3.05) is 5.75 Å². The molecule has 0 aliphatic carbocycles. The third kappa shape index (κ3) is 2.47. The molecule has 1 atom stereocenters. The number of hydrogen-bond acceptors (Lipinski definition) is 6. The van der Waals surface area contributed by atoms with E-state index >= 15 is 0 Å². The molecule has 1 aromatic rings. The molecular weight excluding hydrogens is 236 g/mol. The van der Waals surface area contributed by atoms with Gasteiger partial charge in [-0.2, -0.15) is 12.6 Å². The lowest BCUT2D eigenvalue weighted by Gasteiger charge is -2.07. The molecule has 0 saturated heterocycles. The summed E-state index contributed by atoms with van der Waals surface area (Å²) in [6.07, 6.45) is -1.12. The van der Waals surface area contributed by atoms with Gasteiger partial charge >= 0.3 is 0 Å². The lowest BCUT2D eigenvalue weighted by Crippen LogP contribution is -2.04. The molecule has 16 heavy (non-hydrogen) atoms. The Morgan fingerprint density at radius 2 is 1.94 bits per heavy atom. The number of hydrogen-bond donors (Lipinski definition) is 2. The van der Waals surface area contributed by atoms with Crippen LogP contribution < -0.4 is 0 Å². The summed E-state index contributed by atoms with van der Waals surface area (Å²) in [5.74, 6) is -0.00134. The molecule has 0 amide bonds. The van der Waals surface area contributed by atoms with E-state index in [0.717, 1.165) is 18.2 Å². The molecular formula is C8H8N2O5S. The summed E-state index contributed by atoms with van der Waals surface area (Å²) in [4.78, 5) is 19.6. The monoisotopic (exact) mass is 244 g/mol. The van der Waals surface area contributed by atoms with Crippen LogP contribution in [0.2, 0.25) is 0 Å². The summed E-state index contributed by atoms with van der Waals surface area (Å²) < 4.78 is 0. The predicted octanol–water partition coefficient (Wildman–Crippen LogP) is 1.47. The van der Waals surface area contributed by atoms with Crippen molar-refractivity contribution in [3.05, 3.63) is 44.0 Å². The number of thiol groups is 1. The number of benzene rings is 1. The maximum Gasteiger partial charge on any atom is 0.282 e. The zero-order valence-electron chi connectivity index (χ0n) is 7.94. The zero-order chi connectivity index (χ0) is 12.3. The van der Waals surface area contributed by atoms with Gasteiger partial charge in [0.05, 0.1) is 27.6 Å². The summed E-state index contributed by atoms with van der Waals surface area (Å²) >= 11 is 3.80. The topological polar surface area (TPSA) is 107 Å². The van der Waals surface area contributed by atoms with Crippen LogP contribution in [-0.2, 0) is 0 Å². The van der Waals surface area contributed by atoms with Gasteiger partial charge < -0.3 is 5.11 Å². The van der Waals surface area contributed by atoms with Gasteiger partial charge in [-0.15, -0.1) is 0 Å². The Kier molecular flexibility index (Phi) is 3.80. The molecule has 7 nitrogen and oxygen atoms in total. The van der Waals surface area contributed by atoms with Gasteiger partial charge in [-0.3, -0.25) is 20.2 Å². The van der Waals surface area contributed by atoms with Gasteiger partial charge in [-0.05, 0) is 6.07 Å². The van der Waals surface area contributed by atoms with Crippen molar-refractivity contribution in [1.29, 1.82) is 0 Å². The van der Waals surface area contributed by atoms with Crippen LogP contribution in [0.1, 0.15) is 11.7 Å². The van der Waals surface area contributed by atoms with Crippen LogP contribution in [0.4, 0.5) is 11.4 Å². The second kappa shape index (κ2) is 4.90. The van der Waals surface area contributed by atoms with Gasteiger partial charge in [-0.25, -0.2) is 0 Å². The fourth-order valence-corrected chi connectivity index (χ4v) is 1.38. The summed E-state index contributed by atoms with van der Waals surface area (Å²) in [6, 6.07) is 3.09. The van der Waals surface area contributed by atoms with Crippen LogP contribution in [0.15, 0.2) is 18.2 Å². The molecule has 0 aromatic heterocycles. The van der Waals surface area contributed by atoms with Crippen molar-refractivity contribution in [3.63, 3.8) is 0 Å². The molecule has 0 fully saturated rings. The maximum atomic E-state index is 10.7. The molecule has 0 heterocycles. The third-order valence-corrected chi connectivity index (χ3v) is 2.30. The van der Waals surface area contributed by atoms with Crippen LogP contribution in [-0.4, -0.2) is 20.7 Å². The Morgan fingerprint density at radius 1 is 1.31 bits per heavy atom. The minimum absolute atomic E-state index is 0.00134. The number of rotatable bonds is 4. The van der Waals surface area contributed by atoms with E-state index in [9.17, 15) is 25.3 Å². The molecule has 86 valence electrons. The van der Waals surface area contributed by atoms with Gasteiger partial charge in [0.25, 0.3) is 11.4 Å². The highest BCUT2D eigenvalue weighted by Crippen LogP contribution is 2.29. The Morgan fingerprint density at radius 3 is 2.38 bits per heavy atom. The first kappa shape index (κ1) is 12.4. The second-order valence-electron chi connectivity index (χ2n) is 2.96. The Bertz CT molecular complexity index is 436. The van der Waals surface area contributed by atoms with Crippen molar-refractivity contribution in [2.45, 2.75) is 6.10 Å². The molecule has 0 spiro atoms. The largest absolute Gasteiger partial charge is 0.387 e. The zero-order valence-corrected chi connectivity index (χ0v) is 8.83. The second-order valence-corrected chi connectivity index (χ2v) is 3.32. The maximum absolute atomic E-state index is 10.7. The fourth-order valence-electron chi connectivity index (χ4n) is 1.18. The number of nitrogens with zero attached hydrogens (tertiary/aromatic N) is 2. The minimum Gasteiger partial charge on any atom is -0.387 e. The molecule has 1 rings (SSSR count). The first-order valence-corrected chi connectivity index (χ1v) is 4.82. The predicted molar refractivity (Wildman–Crippen MR) is 58.6 cm³/mol. The summed E-state index contributed by atoms with van der Waals surface area (Å²) in [7, 11) is 0. The van der Waals surface area contributed by atoms with Gasteiger partial charge in [0, 0.05) is 11.8 Å². The minimum atomic E-state index is -1.12. The summed E-state index contributed by atoms with van der Waals surface area (Å²) in [5, 5.41) is 30.5.